The largest absolute Gasteiger partial charge is 0.316 e. The van der Waals surface area contributed by atoms with Crippen molar-refractivity contribution in [2.24, 2.45) is 0 Å². The van der Waals surface area contributed by atoms with E-state index < -0.39 is 0 Å². The topological polar surface area (TPSA) is 15.3 Å². The van der Waals surface area contributed by atoms with Gasteiger partial charge in [0.05, 0.1) is 0 Å². The van der Waals surface area contributed by atoms with Crippen LogP contribution in [0.25, 0.3) is 0 Å². The van der Waals surface area contributed by atoms with E-state index in [9.17, 15) is 0 Å². The predicted molar refractivity (Wildman–Crippen MR) is 82.8 cm³/mol. The van der Waals surface area contributed by atoms with Crippen LogP contribution in [0.2, 0.25) is 0 Å². The lowest BCUT2D eigenvalue weighted by Crippen LogP contribution is -2.35. The first kappa shape index (κ1) is 14.5. The monoisotopic (exact) mass is 260 g/mol. The summed E-state index contributed by atoms with van der Waals surface area (Å²) in [5.74, 6) is 0.742. The molecule has 0 spiro atoms. The molecule has 0 saturated carbocycles. The Morgan fingerprint density at radius 1 is 1.26 bits per heavy atom. The third kappa shape index (κ3) is 4.05. The molecule has 1 aliphatic carbocycles. The second kappa shape index (κ2) is 7.66. The van der Waals surface area contributed by atoms with Gasteiger partial charge in [0, 0.05) is 19.6 Å². The lowest BCUT2D eigenvalue weighted by Gasteiger charge is -2.31. The minimum atomic E-state index is 0.742. The molecule has 2 heteroatoms. The van der Waals surface area contributed by atoms with E-state index in [2.05, 4.69) is 48.3 Å². The number of nitrogens with one attached hydrogen (secondary N) is 1. The minimum absolute atomic E-state index is 0.742. The van der Waals surface area contributed by atoms with Gasteiger partial charge in [0.1, 0.15) is 0 Å². The summed E-state index contributed by atoms with van der Waals surface area (Å²) in [6, 6.07) is 9.05. The summed E-state index contributed by atoms with van der Waals surface area (Å²) in [6.07, 6.45) is 3.98. The van der Waals surface area contributed by atoms with Gasteiger partial charge in [0.25, 0.3) is 0 Å². The van der Waals surface area contributed by atoms with E-state index in [-0.39, 0.29) is 0 Å². The van der Waals surface area contributed by atoms with Crippen LogP contribution >= 0.6 is 0 Å². The van der Waals surface area contributed by atoms with Crippen molar-refractivity contribution in [1.29, 1.82) is 0 Å². The van der Waals surface area contributed by atoms with Crippen molar-refractivity contribution in [2.75, 3.05) is 32.7 Å². The number of rotatable bonds is 7. The van der Waals surface area contributed by atoms with E-state index >= 15 is 0 Å². The Kier molecular flexibility index (Phi) is 5.87. The van der Waals surface area contributed by atoms with Crippen LogP contribution in [0.3, 0.4) is 0 Å². The average Bonchev–Trinajstić information content (AvgIpc) is 2.46. The van der Waals surface area contributed by atoms with Gasteiger partial charge in [-0.05, 0) is 49.4 Å². The number of benzene rings is 1. The molecule has 2 rings (SSSR count). The Morgan fingerprint density at radius 3 is 2.89 bits per heavy atom. The van der Waals surface area contributed by atoms with Gasteiger partial charge in [-0.15, -0.1) is 0 Å². The summed E-state index contributed by atoms with van der Waals surface area (Å²) in [7, 11) is 0. The van der Waals surface area contributed by atoms with Gasteiger partial charge in [-0.25, -0.2) is 0 Å². The molecule has 0 amide bonds. The van der Waals surface area contributed by atoms with Gasteiger partial charge in [0.2, 0.25) is 0 Å². The van der Waals surface area contributed by atoms with Crippen LogP contribution < -0.4 is 5.32 Å². The lowest BCUT2D eigenvalue weighted by molar-refractivity contribution is 0.260. The maximum atomic E-state index is 3.43. The third-order valence-electron chi connectivity index (χ3n) is 4.27. The number of nitrogens with zero attached hydrogens (tertiary/aromatic N) is 1. The molecule has 0 aromatic heterocycles. The van der Waals surface area contributed by atoms with Crippen molar-refractivity contribution in [3.8, 4) is 0 Å². The molecule has 0 radical (unpaired) electrons. The zero-order valence-corrected chi connectivity index (χ0v) is 12.5. The summed E-state index contributed by atoms with van der Waals surface area (Å²) < 4.78 is 0. The molecule has 0 heterocycles. The third-order valence-corrected chi connectivity index (χ3v) is 4.27. The SMILES string of the molecule is CCNCCN(CC)CC1CCCc2ccccc21. The summed E-state index contributed by atoms with van der Waals surface area (Å²) >= 11 is 0. The number of hydrogen-bond acceptors (Lipinski definition) is 2. The Balaban J connectivity index is 1.94. The van der Waals surface area contributed by atoms with Crippen LogP contribution in [0.4, 0.5) is 0 Å². The maximum Gasteiger partial charge on any atom is 0.0107 e. The molecule has 1 unspecified atom stereocenters. The Labute approximate surface area is 118 Å². The van der Waals surface area contributed by atoms with Gasteiger partial charge in [-0.1, -0.05) is 38.1 Å². The van der Waals surface area contributed by atoms with Gasteiger partial charge in [-0.3, -0.25) is 0 Å². The van der Waals surface area contributed by atoms with E-state index in [0.717, 1.165) is 25.6 Å². The standard InChI is InChI=1S/C17H28N2/c1-3-18-12-13-19(4-2)14-16-10-7-9-15-8-5-6-11-17(15)16/h5-6,8,11,16,18H,3-4,7,9-10,12-14H2,1-2H3. The van der Waals surface area contributed by atoms with E-state index in [1.54, 1.807) is 11.1 Å². The molecule has 0 fully saturated rings. The summed E-state index contributed by atoms with van der Waals surface area (Å²) in [5, 5.41) is 3.43. The molecule has 0 aliphatic heterocycles. The predicted octanol–water partition coefficient (Wildman–Crippen LogP) is 3.04. The average molecular weight is 260 g/mol. The van der Waals surface area contributed by atoms with Crippen LogP contribution in [0.5, 0.6) is 0 Å². The number of hydrogen-bond donors (Lipinski definition) is 1. The second-order valence-corrected chi connectivity index (χ2v) is 5.53. The fraction of sp³-hybridized carbons (Fsp3) is 0.647. The van der Waals surface area contributed by atoms with Gasteiger partial charge in [-0.2, -0.15) is 0 Å². The fourth-order valence-electron chi connectivity index (χ4n) is 3.15. The van der Waals surface area contributed by atoms with Crippen LogP contribution in [0.15, 0.2) is 24.3 Å². The van der Waals surface area contributed by atoms with E-state index in [4.69, 9.17) is 0 Å². The van der Waals surface area contributed by atoms with E-state index in [1.165, 1.54) is 32.4 Å². The highest BCUT2D eigenvalue weighted by atomic mass is 15.1. The lowest BCUT2D eigenvalue weighted by atomic mass is 9.82. The highest BCUT2D eigenvalue weighted by Gasteiger charge is 2.21. The molecule has 0 bridgehead atoms. The van der Waals surface area contributed by atoms with Crippen LogP contribution in [0, 0.1) is 0 Å². The zero-order valence-electron chi connectivity index (χ0n) is 12.5. The molecule has 1 aromatic carbocycles. The van der Waals surface area contributed by atoms with Crippen molar-refractivity contribution >= 4 is 0 Å². The highest BCUT2D eigenvalue weighted by molar-refractivity contribution is 5.32. The summed E-state index contributed by atoms with van der Waals surface area (Å²) in [6.45, 7) is 10.2. The van der Waals surface area contributed by atoms with Crippen LogP contribution in [-0.2, 0) is 6.42 Å². The molecule has 1 aliphatic rings. The van der Waals surface area contributed by atoms with Crippen LogP contribution in [0.1, 0.15) is 43.7 Å². The minimum Gasteiger partial charge on any atom is -0.316 e. The Bertz CT molecular complexity index is 375. The smallest absolute Gasteiger partial charge is 0.0107 e. The van der Waals surface area contributed by atoms with E-state index in [0.29, 0.717) is 0 Å². The number of fused-ring (bicyclic) bond motifs is 1. The van der Waals surface area contributed by atoms with Crippen molar-refractivity contribution in [2.45, 2.75) is 39.0 Å². The van der Waals surface area contributed by atoms with Crippen molar-refractivity contribution in [3.05, 3.63) is 35.4 Å². The molecular formula is C17H28N2. The highest BCUT2D eigenvalue weighted by Crippen LogP contribution is 2.31. The molecule has 0 saturated heterocycles. The Morgan fingerprint density at radius 2 is 2.11 bits per heavy atom. The second-order valence-electron chi connectivity index (χ2n) is 5.53. The molecule has 19 heavy (non-hydrogen) atoms. The Hall–Kier alpha value is -0.860. The number of aryl methyl sites for hydroxylation is 1. The van der Waals surface area contributed by atoms with Crippen LogP contribution in [-0.4, -0.2) is 37.6 Å². The summed E-state index contributed by atoms with van der Waals surface area (Å²) in [4.78, 5) is 2.59. The zero-order chi connectivity index (χ0) is 13.5. The van der Waals surface area contributed by atoms with Gasteiger partial charge < -0.3 is 10.2 Å². The number of likely N-dealkylation sites (N-methyl/N-ethyl adjacent to an activating group) is 2. The van der Waals surface area contributed by atoms with Gasteiger partial charge in [0.15, 0.2) is 0 Å². The van der Waals surface area contributed by atoms with Crippen molar-refractivity contribution in [3.63, 3.8) is 0 Å². The summed E-state index contributed by atoms with van der Waals surface area (Å²) in [5.41, 5.74) is 3.19. The maximum absolute atomic E-state index is 3.43. The molecule has 1 aromatic rings. The quantitative estimate of drug-likeness (QED) is 0.758. The first-order chi connectivity index (χ1) is 9.35. The first-order valence-corrected chi connectivity index (χ1v) is 7.86. The molecular weight excluding hydrogens is 232 g/mol. The fourth-order valence-corrected chi connectivity index (χ4v) is 3.15. The van der Waals surface area contributed by atoms with E-state index in [1.807, 2.05) is 0 Å². The van der Waals surface area contributed by atoms with Crippen molar-refractivity contribution in [1.82, 2.24) is 10.2 Å². The molecule has 106 valence electrons. The molecule has 1 atom stereocenters. The first-order valence-electron chi connectivity index (χ1n) is 7.86. The normalized spacial score (nSPS) is 18.6. The molecule has 1 N–H and O–H groups in total. The van der Waals surface area contributed by atoms with Gasteiger partial charge >= 0.3 is 0 Å². The van der Waals surface area contributed by atoms with Crippen molar-refractivity contribution < 1.29 is 0 Å². The molecule has 2 nitrogen and oxygen atoms in total.